The fourth-order valence-electron chi connectivity index (χ4n) is 2.74. The summed E-state index contributed by atoms with van der Waals surface area (Å²) in [6.45, 7) is 7.08. The van der Waals surface area contributed by atoms with Crippen LogP contribution in [0.2, 0.25) is 0 Å². The first kappa shape index (κ1) is 15.8. The lowest BCUT2D eigenvalue weighted by molar-refractivity contribution is -0.152. The number of hydrogen-bond acceptors (Lipinski definition) is 4. The Morgan fingerprint density at radius 3 is 2.86 bits per heavy atom. The van der Waals surface area contributed by atoms with Gasteiger partial charge >= 0.3 is 5.97 Å². The quantitative estimate of drug-likeness (QED) is 0.819. The van der Waals surface area contributed by atoms with Crippen LogP contribution < -0.4 is 10.1 Å². The van der Waals surface area contributed by atoms with Gasteiger partial charge in [0, 0.05) is 6.04 Å². The SMILES string of the molecule is CCNC1CCc2cc(OCC(C)(C)C(=O)OC)ccc21. The highest BCUT2D eigenvalue weighted by Gasteiger charge is 2.30. The molecule has 1 aromatic rings. The molecule has 0 heterocycles. The smallest absolute Gasteiger partial charge is 0.314 e. The van der Waals surface area contributed by atoms with E-state index < -0.39 is 5.41 Å². The van der Waals surface area contributed by atoms with Crippen molar-refractivity contribution in [3.8, 4) is 5.75 Å². The van der Waals surface area contributed by atoms with E-state index >= 15 is 0 Å². The topological polar surface area (TPSA) is 47.6 Å². The molecule has 116 valence electrons. The van der Waals surface area contributed by atoms with Crippen molar-refractivity contribution >= 4 is 5.97 Å². The number of methoxy groups -OCH3 is 1. The highest BCUT2D eigenvalue weighted by atomic mass is 16.5. The van der Waals surface area contributed by atoms with Gasteiger partial charge in [-0.15, -0.1) is 0 Å². The van der Waals surface area contributed by atoms with Crippen molar-refractivity contribution in [2.75, 3.05) is 20.3 Å². The molecule has 4 nitrogen and oxygen atoms in total. The Morgan fingerprint density at radius 2 is 2.19 bits per heavy atom. The van der Waals surface area contributed by atoms with E-state index in [4.69, 9.17) is 9.47 Å². The van der Waals surface area contributed by atoms with Crippen LogP contribution in [0.3, 0.4) is 0 Å². The van der Waals surface area contributed by atoms with Gasteiger partial charge < -0.3 is 14.8 Å². The summed E-state index contributed by atoms with van der Waals surface area (Å²) in [5, 5.41) is 3.50. The van der Waals surface area contributed by atoms with Gasteiger partial charge in [-0.25, -0.2) is 0 Å². The molecule has 4 heteroatoms. The minimum Gasteiger partial charge on any atom is -0.492 e. The van der Waals surface area contributed by atoms with Crippen LogP contribution in [0.1, 0.15) is 44.4 Å². The lowest BCUT2D eigenvalue weighted by Crippen LogP contribution is -2.32. The third-order valence-electron chi connectivity index (χ3n) is 3.98. The van der Waals surface area contributed by atoms with Crippen LogP contribution in [-0.2, 0) is 16.0 Å². The Labute approximate surface area is 126 Å². The fraction of sp³-hybridized carbons (Fsp3) is 0.588. The molecule has 21 heavy (non-hydrogen) atoms. The van der Waals surface area contributed by atoms with Crippen LogP contribution in [0.4, 0.5) is 0 Å². The zero-order valence-electron chi connectivity index (χ0n) is 13.4. The first-order valence-electron chi connectivity index (χ1n) is 7.55. The molecule has 0 aromatic heterocycles. The largest absolute Gasteiger partial charge is 0.492 e. The van der Waals surface area contributed by atoms with Crippen molar-refractivity contribution in [2.45, 2.75) is 39.7 Å². The minimum absolute atomic E-state index is 0.254. The van der Waals surface area contributed by atoms with Gasteiger partial charge in [-0.05, 0) is 56.5 Å². The van der Waals surface area contributed by atoms with E-state index in [2.05, 4.69) is 24.4 Å². The molecule has 1 aliphatic rings. The molecule has 0 amide bonds. The van der Waals surface area contributed by atoms with Gasteiger partial charge in [-0.2, -0.15) is 0 Å². The predicted molar refractivity (Wildman–Crippen MR) is 82.5 cm³/mol. The van der Waals surface area contributed by atoms with Crippen molar-refractivity contribution in [3.63, 3.8) is 0 Å². The van der Waals surface area contributed by atoms with E-state index in [1.54, 1.807) is 0 Å². The van der Waals surface area contributed by atoms with Gasteiger partial charge in [-0.3, -0.25) is 4.79 Å². The van der Waals surface area contributed by atoms with E-state index in [1.165, 1.54) is 18.2 Å². The standard InChI is InChI=1S/C17H25NO3/c1-5-18-15-9-6-12-10-13(7-8-14(12)15)21-11-17(2,3)16(19)20-4/h7-8,10,15,18H,5-6,9,11H2,1-4H3. The molecule has 0 spiro atoms. The molecule has 0 saturated heterocycles. The van der Waals surface area contributed by atoms with E-state index in [1.807, 2.05) is 19.9 Å². The van der Waals surface area contributed by atoms with Crippen molar-refractivity contribution in [1.82, 2.24) is 5.32 Å². The van der Waals surface area contributed by atoms with Crippen LogP contribution >= 0.6 is 0 Å². The Balaban J connectivity index is 2.02. The third-order valence-corrected chi connectivity index (χ3v) is 3.98. The maximum atomic E-state index is 11.6. The number of hydrogen-bond donors (Lipinski definition) is 1. The molecule has 2 rings (SSSR count). The van der Waals surface area contributed by atoms with E-state index in [0.717, 1.165) is 25.1 Å². The molecule has 0 radical (unpaired) electrons. The van der Waals surface area contributed by atoms with Gasteiger partial charge in [0.15, 0.2) is 0 Å². The van der Waals surface area contributed by atoms with Crippen LogP contribution in [-0.4, -0.2) is 26.2 Å². The molecule has 0 aliphatic heterocycles. The van der Waals surface area contributed by atoms with Crippen molar-refractivity contribution in [3.05, 3.63) is 29.3 Å². The average molecular weight is 291 g/mol. The molecule has 1 aliphatic carbocycles. The monoisotopic (exact) mass is 291 g/mol. The average Bonchev–Trinajstić information content (AvgIpc) is 2.87. The molecule has 0 saturated carbocycles. The summed E-state index contributed by atoms with van der Waals surface area (Å²) < 4.78 is 10.6. The van der Waals surface area contributed by atoms with Crippen molar-refractivity contribution in [1.29, 1.82) is 0 Å². The molecule has 1 aromatic carbocycles. The number of benzene rings is 1. The van der Waals surface area contributed by atoms with E-state index in [9.17, 15) is 4.79 Å². The number of carbonyl (C=O) groups excluding carboxylic acids is 1. The van der Waals surface area contributed by atoms with Crippen LogP contribution in [0.15, 0.2) is 18.2 Å². The van der Waals surface area contributed by atoms with Gasteiger partial charge in [0.2, 0.25) is 0 Å². The van der Waals surface area contributed by atoms with Gasteiger partial charge in [0.05, 0.1) is 12.5 Å². The number of fused-ring (bicyclic) bond motifs is 1. The fourth-order valence-corrected chi connectivity index (χ4v) is 2.74. The molecular formula is C17H25NO3. The molecule has 1 unspecified atom stereocenters. The van der Waals surface area contributed by atoms with Crippen molar-refractivity contribution in [2.24, 2.45) is 5.41 Å². The number of aryl methyl sites for hydroxylation is 1. The minimum atomic E-state index is -0.639. The lowest BCUT2D eigenvalue weighted by atomic mass is 9.95. The Kier molecular flexibility index (Phi) is 4.88. The zero-order chi connectivity index (χ0) is 15.5. The second kappa shape index (κ2) is 6.48. The number of rotatable bonds is 6. The van der Waals surface area contributed by atoms with Crippen LogP contribution in [0, 0.1) is 5.41 Å². The highest BCUT2D eigenvalue weighted by Crippen LogP contribution is 2.33. The molecule has 1 atom stereocenters. The summed E-state index contributed by atoms with van der Waals surface area (Å²) in [6.07, 6.45) is 2.21. The Bertz CT molecular complexity index is 511. The second-order valence-corrected chi connectivity index (χ2v) is 6.17. The van der Waals surface area contributed by atoms with Gasteiger partial charge in [0.25, 0.3) is 0 Å². The number of ether oxygens (including phenoxy) is 2. The van der Waals surface area contributed by atoms with Gasteiger partial charge in [-0.1, -0.05) is 13.0 Å². The number of nitrogens with one attached hydrogen (secondary N) is 1. The first-order chi connectivity index (χ1) is 9.97. The Hall–Kier alpha value is -1.55. The van der Waals surface area contributed by atoms with Crippen LogP contribution in [0.5, 0.6) is 5.75 Å². The normalized spacial score (nSPS) is 17.4. The van der Waals surface area contributed by atoms with Crippen LogP contribution in [0.25, 0.3) is 0 Å². The van der Waals surface area contributed by atoms with Gasteiger partial charge in [0.1, 0.15) is 12.4 Å². The molecule has 1 N–H and O–H groups in total. The number of carbonyl (C=O) groups is 1. The summed E-state index contributed by atoms with van der Waals surface area (Å²) in [5.74, 6) is 0.568. The molecule has 0 bridgehead atoms. The lowest BCUT2D eigenvalue weighted by Gasteiger charge is -2.22. The number of esters is 1. The summed E-state index contributed by atoms with van der Waals surface area (Å²) in [7, 11) is 1.40. The van der Waals surface area contributed by atoms with Crippen molar-refractivity contribution < 1.29 is 14.3 Å². The summed E-state index contributed by atoms with van der Waals surface area (Å²) >= 11 is 0. The summed E-state index contributed by atoms with van der Waals surface area (Å²) in [4.78, 5) is 11.6. The maximum absolute atomic E-state index is 11.6. The first-order valence-corrected chi connectivity index (χ1v) is 7.55. The third kappa shape index (κ3) is 3.56. The van der Waals surface area contributed by atoms with E-state index in [-0.39, 0.29) is 5.97 Å². The summed E-state index contributed by atoms with van der Waals surface area (Å²) in [5.41, 5.74) is 2.07. The maximum Gasteiger partial charge on any atom is 0.314 e. The second-order valence-electron chi connectivity index (χ2n) is 6.17. The van der Waals surface area contributed by atoms with E-state index in [0.29, 0.717) is 12.6 Å². The molecule has 0 fully saturated rings. The zero-order valence-corrected chi connectivity index (χ0v) is 13.4. The highest BCUT2D eigenvalue weighted by molar-refractivity contribution is 5.75. The summed E-state index contributed by atoms with van der Waals surface area (Å²) in [6, 6.07) is 6.68. The Morgan fingerprint density at radius 1 is 1.43 bits per heavy atom. The predicted octanol–water partition coefficient (Wildman–Crippen LogP) is 2.86. The molecular weight excluding hydrogens is 266 g/mol.